The van der Waals surface area contributed by atoms with E-state index in [-0.39, 0.29) is 35.6 Å². The molecule has 3 N–H and O–H groups in total. The van der Waals surface area contributed by atoms with Crippen LogP contribution in [0.5, 0.6) is 0 Å². The summed E-state index contributed by atoms with van der Waals surface area (Å²) in [6, 6.07) is 11.2. The van der Waals surface area contributed by atoms with Crippen LogP contribution in [-0.4, -0.2) is 27.8 Å². The van der Waals surface area contributed by atoms with Crippen molar-refractivity contribution in [3.8, 4) is 5.69 Å². The van der Waals surface area contributed by atoms with Crippen LogP contribution in [-0.2, 0) is 0 Å². The molecule has 1 saturated carbocycles. The van der Waals surface area contributed by atoms with E-state index >= 15 is 0 Å². The second-order valence-electron chi connectivity index (χ2n) is 6.33. The molecule has 25 heavy (non-hydrogen) atoms. The van der Waals surface area contributed by atoms with Crippen LogP contribution in [0, 0.1) is 6.92 Å². The summed E-state index contributed by atoms with van der Waals surface area (Å²) >= 11 is 0. The maximum absolute atomic E-state index is 12.5. The monoisotopic (exact) mass is 362 g/mol. The first-order valence-electron chi connectivity index (χ1n) is 8.27. The molecule has 1 amide bonds. The standard InChI is InChI=1S/C18H22N4O2.ClH/c1-12-11-16(23)17(21-22(12)15-5-3-2-4-6-15)18(24)20-14-9-7-13(19)8-10-14;/h2-6,11,13-14H,7-10,19H2,1H3,(H,20,24);1H. The number of carbonyl (C=O) groups excluding carboxylic acids is 1. The number of nitrogens with two attached hydrogens (primary N) is 1. The van der Waals surface area contributed by atoms with E-state index < -0.39 is 5.91 Å². The molecule has 7 heteroatoms. The van der Waals surface area contributed by atoms with Crippen LogP contribution in [0.3, 0.4) is 0 Å². The summed E-state index contributed by atoms with van der Waals surface area (Å²) in [6.45, 7) is 1.80. The van der Waals surface area contributed by atoms with Gasteiger partial charge in [0, 0.05) is 23.8 Å². The Bertz CT molecular complexity index is 783. The van der Waals surface area contributed by atoms with E-state index in [1.165, 1.54) is 6.07 Å². The Morgan fingerprint density at radius 3 is 2.48 bits per heavy atom. The van der Waals surface area contributed by atoms with Crippen LogP contribution in [0.25, 0.3) is 5.69 Å². The Kier molecular flexibility index (Phi) is 6.33. The minimum absolute atomic E-state index is 0. The van der Waals surface area contributed by atoms with Gasteiger partial charge in [0.15, 0.2) is 5.69 Å². The molecule has 1 aromatic heterocycles. The van der Waals surface area contributed by atoms with Crippen molar-refractivity contribution >= 4 is 18.3 Å². The molecule has 1 fully saturated rings. The topological polar surface area (TPSA) is 90.0 Å². The van der Waals surface area contributed by atoms with Gasteiger partial charge in [-0.25, -0.2) is 4.68 Å². The number of benzene rings is 1. The largest absolute Gasteiger partial charge is 0.348 e. The van der Waals surface area contributed by atoms with E-state index in [1.54, 1.807) is 11.6 Å². The number of hydrogen-bond donors (Lipinski definition) is 2. The van der Waals surface area contributed by atoms with Gasteiger partial charge >= 0.3 is 0 Å². The summed E-state index contributed by atoms with van der Waals surface area (Å²) in [4.78, 5) is 24.7. The molecule has 0 atom stereocenters. The normalized spacial score (nSPS) is 19.8. The van der Waals surface area contributed by atoms with Crippen LogP contribution in [0.1, 0.15) is 41.9 Å². The fourth-order valence-corrected chi connectivity index (χ4v) is 3.05. The lowest BCUT2D eigenvalue weighted by Gasteiger charge is -2.26. The van der Waals surface area contributed by atoms with Crippen molar-refractivity contribution in [3.63, 3.8) is 0 Å². The molecule has 134 valence electrons. The maximum Gasteiger partial charge on any atom is 0.276 e. The molecule has 1 heterocycles. The number of amides is 1. The summed E-state index contributed by atoms with van der Waals surface area (Å²) in [5.41, 5.74) is 6.96. The number of rotatable bonds is 3. The summed E-state index contributed by atoms with van der Waals surface area (Å²) in [5, 5.41) is 7.21. The first-order valence-corrected chi connectivity index (χ1v) is 8.27. The molecule has 2 aromatic rings. The second-order valence-corrected chi connectivity index (χ2v) is 6.33. The van der Waals surface area contributed by atoms with E-state index in [4.69, 9.17) is 5.73 Å². The molecular weight excluding hydrogens is 340 g/mol. The minimum Gasteiger partial charge on any atom is -0.348 e. The van der Waals surface area contributed by atoms with E-state index in [0.29, 0.717) is 5.69 Å². The summed E-state index contributed by atoms with van der Waals surface area (Å²) < 4.78 is 1.62. The van der Waals surface area contributed by atoms with Crippen LogP contribution >= 0.6 is 12.4 Å². The van der Waals surface area contributed by atoms with Gasteiger partial charge in [-0.15, -0.1) is 12.4 Å². The van der Waals surface area contributed by atoms with Crippen LogP contribution in [0.15, 0.2) is 41.2 Å². The highest BCUT2D eigenvalue weighted by molar-refractivity contribution is 5.92. The smallest absolute Gasteiger partial charge is 0.276 e. The van der Waals surface area contributed by atoms with Crippen LogP contribution in [0.2, 0.25) is 0 Å². The third kappa shape index (κ3) is 4.46. The highest BCUT2D eigenvalue weighted by atomic mass is 35.5. The molecule has 0 saturated heterocycles. The molecule has 0 spiro atoms. The van der Waals surface area contributed by atoms with E-state index in [9.17, 15) is 9.59 Å². The molecule has 0 bridgehead atoms. The third-order valence-corrected chi connectivity index (χ3v) is 4.43. The van der Waals surface area contributed by atoms with Crippen molar-refractivity contribution in [2.24, 2.45) is 5.73 Å². The zero-order valence-electron chi connectivity index (χ0n) is 14.1. The van der Waals surface area contributed by atoms with Crippen molar-refractivity contribution in [1.29, 1.82) is 0 Å². The van der Waals surface area contributed by atoms with E-state index in [0.717, 1.165) is 31.4 Å². The van der Waals surface area contributed by atoms with Gasteiger partial charge in [-0.3, -0.25) is 9.59 Å². The van der Waals surface area contributed by atoms with Crippen molar-refractivity contribution in [2.45, 2.75) is 44.7 Å². The zero-order chi connectivity index (χ0) is 17.1. The summed E-state index contributed by atoms with van der Waals surface area (Å²) in [5.74, 6) is -0.412. The predicted molar refractivity (Wildman–Crippen MR) is 99.5 cm³/mol. The Hall–Kier alpha value is -2.18. The average molecular weight is 363 g/mol. The predicted octanol–water partition coefficient (Wildman–Crippen LogP) is 1.96. The van der Waals surface area contributed by atoms with Gasteiger partial charge < -0.3 is 11.1 Å². The number of carbonyl (C=O) groups is 1. The molecule has 1 aromatic carbocycles. The van der Waals surface area contributed by atoms with Gasteiger partial charge in [-0.1, -0.05) is 18.2 Å². The SMILES string of the molecule is Cc1cc(=O)c(C(=O)NC2CCC(N)CC2)nn1-c1ccccc1.Cl. The van der Waals surface area contributed by atoms with Crippen molar-refractivity contribution < 1.29 is 4.79 Å². The lowest BCUT2D eigenvalue weighted by molar-refractivity contribution is 0.0917. The lowest BCUT2D eigenvalue weighted by Crippen LogP contribution is -2.42. The second kappa shape index (κ2) is 8.27. The number of nitrogens with zero attached hydrogens (tertiary/aromatic N) is 2. The molecule has 0 radical (unpaired) electrons. The highest BCUT2D eigenvalue weighted by Crippen LogP contribution is 2.17. The number of aryl methyl sites for hydroxylation is 1. The molecule has 1 aliphatic rings. The molecule has 3 rings (SSSR count). The maximum atomic E-state index is 12.5. The van der Waals surface area contributed by atoms with E-state index in [2.05, 4.69) is 10.4 Å². The van der Waals surface area contributed by atoms with Gasteiger partial charge in [0.1, 0.15) is 0 Å². The van der Waals surface area contributed by atoms with Gasteiger partial charge in [0.25, 0.3) is 5.91 Å². The first kappa shape index (κ1) is 19.1. The van der Waals surface area contributed by atoms with Gasteiger partial charge in [-0.05, 0) is 44.7 Å². The number of hydrogen-bond acceptors (Lipinski definition) is 4. The molecular formula is C18H23ClN4O2. The van der Waals surface area contributed by atoms with Crippen molar-refractivity contribution in [2.75, 3.05) is 0 Å². The molecule has 0 aliphatic heterocycles. The zero-order valence-corrected chi connectivity index (χ0v) is 15.0. The van der Waals surface area contributed by atoms with Crippen LogP contribution < -0.4 is 16.5 Å². The van der Waals surface area contributed by atoms with E-state index in [1.807, 2.05) is 30.3 Å². The minimum atomic E-state index is -0.412. The number of para-hydroxylation sites is 1. The first-order chi connectivity index (χ1) is 11.5. The van der Waals surface area contributed by atoms with Crippen molar-refractivity contribution in [1.82, 2.24) is 15.1 Å². The quantitative estimate of drug-likeness (QED) is 0.873. The van der Waals surface area contributed by atoms with Gasteiger partial charge in [0.2, 0.25) is 5.43 Å². The highest BCUT2D eigenvalue weighted by Gasteiger charge is 2.23. The lowest BCUT2D eigenvalue weighted by atomic mass is 9.92. The Morgan fingerprint density at radius 2 is 1.84 bits per heavy atom. The fraction of sp³-hybridized carbons (Fsp3) is 0.389. The Morgan fingerprint density at radius 1 is 1.20 bits per heavy atom. The molecule has 1 aliphatic carbocycles. The average Bonchev–Trinajstić information content (AvgIpc) is 2.58. The van der Waals surface area contributed by atoms with Gasteiger partial charge in [-0.2, -0.15) is 5.10 Å². The molecule has 6 nitrogen and oxygen atoms in total. The summed E-state index contributed by atoms with van der Waals surface area (Å²) in [6.07, 6.45) is 3.46. The number of halogens is 1. The van der Waals surface area contributed by atoms with Crippen molar-refractivity contribution in [3.05, 3.63) is 58.0 Å². The third-order valence-electron chi connectivity index (χ3n) is 4.43. The Labute approximate surface area is 152 Å². The summed E-state index contributed by atoms with van der Waals surface area (Å²) in [7, 11) is 0. The van der Waals surface area contributed by atoms with Gasteiger partial charge in [0.05, 0.1) is 5.69 Å². The molecule has 0 unspecified atom stereocenters. The fourth-order valence-electron chi connectivity index (χ4n) is 3.05. The Balaban J connectivity index is 0.00000225. The van der Waals surface area contributed by atoms with Crippen LogP contribution in [0.4, 0.5) is 0 Å². The number of nitrogens with one attached hydrogen (secondary N) is 1. The number of aromatic nitrogens is 2.